The van der Waals surface area contributed by atoms with Gasteiger partial charge in [0.15, 0.2) is 0 Å². The first-order valence-corrected chi connectivity index (χ1v) is 9.00. The largest absolute Gasteiger partial charge is 0.480 e. The molecule has 0 spiro atoms. The molecule has 0 saturated heterocycles. The van der Waals surface area contributed by atoms with Crippen LogP contribution < -0.4 is 10.0 Å². The topological polar surface area (TPSA) is 113 Å². The lowest BCUT2D eigenvalue weighted by molar-refractivity contribution is -0.140. The summed E-state index contributed by atoms with van der Waals surface area (Å²) in [6.45, 7) is 5.04. The number of carboxylic acids is 1. The quantitative estimate of drug-likeness (QED) is 0.695. The monoisotopic (exact) mass is 354 g/mol. The highest BCUT2D eigenvalue weighted by Crippen LogP contribution is 2.14. The molecular formula is C16H22N2O5S. The minimum Gasteiger partial charge on any atom is -0.480 e. The molecule has 0 heterocycles. The highest BCUT2D eigenvalue weighted by atomic mass is 32.2. The first-order valence-electron chi connectivity index (χ1n) is 7.46. The molecule has 3 N–H and O–H groups in total. The van der Waals surface area contributed by atoms with E-state index in [0.717, 1.165) is 5.41 Å². The second kappa shape index (κ2) is 8.49. The van der Waals surface area contributed by atoms with E-state index in [4.69, 9.17) is 5.11 Å². The lowest BCUT2D eigenvalue weighted by Gasteiger charge is -2.20. The van der Waals surface area contributed by atoms with Crippen molar-refractivity contribution in [1.29, 1.82) is 0 Å². The summed E-state index contributed by atoms with van der Waals surface area (Å²) < 4.78 is 25.8. The van der Waals surface area contributed by atoms with Gasteiger partial charge in [0.2, 0.25) is 0 Å². The Hall–Kier alpha value is -2.35. The van der Waals surface area contributed by atoms with Crippen LogP contribution in [-0.4, -0.2) is 31.6 Å². The molecule has 0 aromatic heterocycles. The van der Waals surface area contributed by atoms with Crippen LogP contribution in [0.3, 0.4) is 0 Å². The van der Waals surface area contributed by atoms with Gasteiger partial charge in [-0.1, -0.05) is 50.6 Å². The number of carboxylic acid groups (broad SMARTS) is 1. The molecule has 0 aliphatic heterocycles. The maximum atomic E-state index is 12.0. The van der Waals surface area contributed by atoms with E-state index < -0.39 is 28.1 Å². The Morgan fingerprint density at radius 3 is 2.33 bits per heavy atom. The van der Waals surface area contributed by atoms with Crippen LogP contribution in [0.25, 0.3) is 5.57 Å². The summed E-state index contributed by atoms with van der Waals surface area (Å²) >= 11 is 0. The zero-order valence-corrected chi connectivity index (χ0v) is 14.6. The second-order valence-electron chi connectivity index (χ2n) is 5.49. The zero-order chi connectivity index (χ0) is 18.3. The number of hydrogen-bond donors (Lipinski definition) is 3. The van der Waals surface area contributed by atoms with E-state index in [9.17, 15) is 18.0 Å². The minimum atomic E-state index is -4.05. The summed E-state index contributed by atoms with van der Waals surface area (Å²) in [4.78, 5) is 23.0. The van der Waals surface area contributed by atoms with Crippen LogP contribution in [0, 0.1) is 5.92 Å². The van der Waals surface area contributed by atoms with Crippen molar-refractivity contribution in [2.45, 2.75) is 33.2 Å². The van der Waals surface area contributed by atoms with Gasteiger partial charge in [0.05, 0.1) is 5.41 Å². The van der Waals surface area contributed by atoms with E-state index >= 15 is 0 Å². The predicted octanol–water partition coefficient (Wildman–Crippen LogP) is 2.18. The normalized spacial score (nSPS) is 14.5. The number of nitrogens with one attached hydrogen (secondary N) is 2. The van der Waals surface area contributed by atoms with E-state index in [1.807, 2.05) is 0 Å². The van der Waals surface area contributed by atoms with Gasteiger partial charge in [-0.3, -0.25) is 0 Å². The molecule has 0 saturated carbocycles. The second-order valence-corrected chi connectivity index (χ2v) is 7.02. The number of sulfonamides is 1. The van der Waals surface area contributed by atoms with Gasteiger partial charge in [-0.25, -0.2) is 22.7 Å². The molecule has 1 aromatic rings. The highest BCUT2D eigenvalue weighted by Gasteiger charge is 2.26. The van der Waals surface area contributed by atoms with E-state index in [2.05, 4.69) is 5.32 Å². The van der Waals surface area contributed by atoms with Gasteiger partial charge in [0.1, 0.15) is 6.04 Å². The number of carbonyl (C=O) groups excluding carboxylic acids is 1. The molecule has 7 nitrogen and oxygen atoms in total. The lowest BCUT2D eigenvalue weighted by Crippen LogP contribution is -2.50. The van der Waals surface area contributed by atoms with Crippen LogP contribution in [0.2, 0.25) is 0 Å². The maximum absolute atomic E-state index is 12.0. The van der Waals surface area contributed by atoms with Crippen molar-refractivity contribution in [3.8, 4) is 0 Å². The van der Waals surface area contributed by atoms with Crippen molar-refractivity contribution in [2.24, 2.45) is 5.92 Å². The van der Waals surface area contributed by atoms with Gasteiger partial charge < -0.3 is 10.4 Å². The summed E-state index contributed by atoms with van der Waals surface area (Å²) in [5, 5.41) is 12.2. The number of urea groups is 1. The average molecular weight is 354 g/mol. The third-order valence-corrected chi connectivity index (χ3v) is 4.70. The number of amides is 2. The standard InChI is InChI=1S/C16H22N2O5S/c1-4-11(2)14(15(19)20)17-16(21)18-24(22,23)10-12(3)13-8-6-5-7-9-13/h5-11,14H,4H2,1-3H3,(H,19,20)(H2,17,18,21)/b12-10+. The van der Waals surface area contributed by atoms with Crippen LogP contribution in [-0.2, 0) is 14.8 Å². The maximum Gasteiger partial charge on any atom is 0.329 e. The Labute approximate surface area is 141 Å². The molecule has 8 heteroatoms. The van der Waals surface area contributed by atoms with Crippen molar-refractivity contribution < 1.29 is 23.1 Å². The van der Waals surface area contributed by atoms with Gasteiger partial charge in [0, 0.05) is 0 Å². The number of allylic oxidation sites excluding steroid dienone is 1. The molecule has 0 fully saturated rings. The minimum absolute atomic E-state index is 0.336. The molecule has 0 radical (unpaired) electrons. The number of carbonyl (C=O) groups is 2. The van der Waals surface area contributed by atoms with Gasteiger partial charge in [-0.15, -0.1) is 0 Å². The van der Waals surface area contributed by atoms with E-state index in [1.165, 1.54) is 0 Å². The highest BCUT2D eigenvalue weighted by molar-refractivity contribution is 7.93. The molecule has 24 heavy (non-hydrogen) atoms. The molecule has 1 aromatic carbocycles. The Morgan fingerprint density at radius 1 is 1.25 bits per heavy atom. The first kappa shape index (κ1) is 19.7. The molecule has 0 aliphatic carbocycles. The molecular weight excluding hydrogens is 332 g/mol. The fraction of sp³-hybridized carbons (Fsp3) is 0.375. The van der Waals surface area contributed by atoms with Crippen LogP contribution >= 0.6 is 0 Å². The van der Waals surface area contributed by atoms with Crippen LogP contribution in [0.5, 0.6) is 0 Å². The average Bonchev–Trinajstić information content (AvgIpc) is 2.51. The van der Waals surface area contributed by atoms with Gasteiger partial charge >= 0.3 is 12.0 Å². The third kappa shape index (κ3) is 6.04. The number of rotatable bonds is 7. The summed E-state index contributed by atoms with van der Waals surface area (Å²) in [5.74, 6) is -1.55. The van der Waals surface area contributed by atoms with Crippen LogP contribution in [0.1, 0.15) is 32.8 Å². The molecule has 1 rings (SSSR count). The third-order valence-electron chi connectivity index (χ3n) is 3.56. The number of aliphatic carboxylic acids is 1. The van der Waals surface area contributed by atoms with Crippen LogP contribution in [0.15, 0.2) is 35.7 Å². The van der Waals surface area contributed by atoms with E-state index in [-0.39, 0.29) is 5.92 Å². The van der Waals surface area contributed by atoms with E-state index in [0.29, 0.717) is 17.6 Å². The van der Waals surface area contributed by atoms with Gasteiger partial charge in [-0.2, -0.15) is 0 Å². The van der Waals surface area contributed by atoms with Gasteiger partial charge in [-0.05, 0) is 24.0 Å². The fourth-order valence-electron chi connectivity index (χ4n) is 2.01. The predicted molar refractivity (Wildman–Crippen MR) is 91.6 cm³/mol. The Kier molecular flexibility index (Phi) is 6.97. The van der Waals surface area contributed by atoms with Crippen molar-refractivity contribution in [3.63, 3.8) is 0 Å². The fourth-order valence-corrected chi connectivity index (χ4v) is 2.99. The van der Waals surface area contributed by atoms with Crippen LogP contribution in [0.4, 0.5) is 4.79 Å². The molecule has 2 amide bonds. The lowest BCUT2D eigenvalue weighted by atomic mass is 10.00. The van der Waals surface area contributed by atoms with Crippen molar-refractivity contribution in [3.05, 3.63) is 41.3 Å². The zero-order valence-electron chi connectivity index (χ0n) is 13.8. The Balaban J connectivity index is 2.83. The summed E-state index contributed by atoms with van der Waals surface area (Å²) in [5.41, 5.74) is 1.15. The number of benzene rings is 1. The van der Waals surface area contributed by atoms with Gasteiger partial charge in [0.25, 0.3) is 10.0 Å². The Morgan fingerprint density at radius 2 is 1.83 bits per heavy atom. The molecule has 132 valence electrons. The summed E-state index contributed by atoms with van der Waals surface area (Å²) in [6.07, 6.45) is 0.525. The molecule has 2 atom stereocenters. The first-order chi connectivity index (χ1) is 11.2. The summed E-state index contributed by atoms with van der Waals surface area (Å²) in [7, 11) is -4.05. The number of hydrogen-bond acceptors (Lipinski definition) is 4. The van der Waals surface area contributed by atoms with Crippen molar-refractivity contribution in [1.82, 2.24) is 10.0 Å². The Bertz CT molecular complexity index is 713. The SMILES string of the molecule is CCC(C)C(NC(=O)NS(=O)(=O)/C=C(\C)c1ccccc1)C(=O)O. The van der Waals surface area contributed by atoms with Crippen molar-refractivity contribution >= 4 is 27.6 Å². The molecule has 0 aliphatic rings. The molecule has 0 bridgehead atoms. The smallest absolute Gasteiger partial charge is 0.329 e. The van der Waals surface area contributed by atoms with Crippen molar-refractivity contribution in [2.75, 3.05) is 0 Å². The summed E-state index contributed by atoms with van der Waals surface area (Å²) in [6, 6.07) is 6.59. The van der Waals surface area contributed by atoms with E-state index in [1.54, 1.807) is 55.8 Å². The molecule has 2 unspecified atom stereocenters.